The van der Waals surface area contributed by atoms with Gasteiger partial charge in [0, 0.05) is 10.9 Å². The Hall–Kier alpha value is -1.74. The van der Waals surface area contributed by atoms with E-state index in [9.17, 15) is 4.79 Å². The number of hydrogen-bond donors (Lipinski definition) is 1. The molecule has 0 spiro atoms. The van der Waals surface area contributed by atoms with Crippen molar-refractivity contribution in [2.75, 3.05) is 0 Å². The van der Waals surface area contributed by atoms with Crippen LogP contribution in [0, 0.1) is 17.8 Å². The van der Waals surface area contributed by atoms with E-state index in [0.717, 1.165) is 22.3 Å². The van der Waals surface area contributed by atoms with Crippen molar-refractivity contribution in [3.05, 3.63) is 66.2 Å². The van der Waals surface area contributed by atoms with Gasteiger partial charge in [-0.05, 0) is 61.6 Å². The van der Waals surface area contributed by atoms with Crippen LogP contribution in [0.2, 0.25) is 0 Å². The maximum absolute atomic E-state index is 13.2. The number of hydrogen-bond acceptors (Lipinski definition) is 2. The van der Waals surface area contributed by atoms with Gasteiger partial charge in [0.25, 0.3) is 0 Å². The first-order chi connectivity index (χ1) is 12.7. The molecule has 26 heavy (non-hydrogen) atoms. The fourth-order valence-corrected chi connectivity index (χ4v) is 5.90. The van der Waals surface area contributed by atoms with E-state index in [-0.39, 0.29) is 17.2 Å². The van der Waals surface area contributed by atoms with E-state index in [1.165, 1.54) is 25.7 Å². The summed E-state index contributed by atoms with van der Waals surface area (Å²) in [6, 6.07) is 20.6. The highest BCUT2D eigenvalue weighted by molar-refractivity contribution is 8.00. The number of carbonyl (C=O) groups excluding carboxylic acids is 1. The van der Waals surface area contributed by atoms with Gasteiger partial charge in [0.05, 0.1) is 0 Å². The van der Waals surface area contributed by atoms with Crippen LogP contribution in [0.4, 0.5) is 0 Å². The summed E-state index contributed by atoms with van der Waals surface area (Å²) in [5.74, 6) is 2.54. The monoisotopic (exact) mass is 365 g/mol. The quantitative estimate of drug-likeness (QED) is 0.689. The minimum Gasteiger partial charge on any atom is -0.352 e. The second-order valence-electron chi connectivity index (χ2n) is 7.86. The predicted molar refractivity (Wildman–Crippen MR) is 108 cm³/mol. The number of amides is 1. The molecule has 0 unspecified atom stereocenters. The first-order valence-corrected chi connectivity index (χ1v) is 10.7. The van der Waals surface area contributed by atoms with Gasteiger partial charge in [-0.3, -0.25) is 4.79 Å². The summed E-state index contributed by atoms with van der Waals surface area (Å²) in [5.41, 5.74) is 1.07. The van der Waals surface area contributed by atoms with Gasteiger partial charge in [0.15, 0.2) is 0 Å². The standard InChI is InChI=1S/C23H27NOS/c1-16(21-15-17-12-13-19(21)14-17)24-23(25)22(18-8-4-2-5-9-18)26-20-10-6-3-7-11-20/h2-11,16-17,19,21-22H,12-15H2,1H3,(H,24,25)/t16-,17-,19-,21+,22+/m1/s1. The SMILES string of the molecule is C[C@@H](NC(=O)[C@@H](Sc1ccccc1)c1ccccc1)[C@@H]1C[C@@H]2CC[C@@H]1C2. The second kappa shape index (κ2) is 7.87. The lowest BCUT2D eigenvalue weighted by Crippen LogP contribution is -2.41. The normalized spacial score (nSPS) is 26.4. The molecule has 2 aromatic rings. The first-order valence-electron chi connectivity index (χ1n) is 9.77. The summed E-state index contributed by atoms with van der Waals surface area (Å²) >= 11 is 1.64. The van der Waals surface area contributed by atoms with Crippen molar-refractivity contribution in [1.82, 2.24) is 5.32 Å². The number of thioether (sulfide) groups is 1. The molecule has 0 heterocycles. The molecular weight excluding hydrogens is 338 g/mol. The lowest BCUT2D eigenvalue weighted by Gasteiger charge is -2.30. The number of fused-ring (bicyclic) bond motifs is 2. The molecular formula is C23H27NOS. The van der Waals surface area contributed by atoms with E-state index in [1.807, 2.05) is 36.4 Å². The summed E-state index contributed by atoms with van der Waals surface area (Å²) in [6.07, 6.45) is 5.44. The molecule has 2 bridgehead atoms. The van der Waals surface area contributed by atoms with E-state index in [2.05, 4.69) is 36.5 Å². The average molecular weight is 366 g/mol. The molecule has 4 rings (SSSR count). The van der Waals surface area contributed by atoms with E-state index in [1.54, 1.807) is 11.8 Å². The van der Waals surface area contributed by atoms with Gasteiger partial charge >= 0.3 is 0 Å². The van der Waals surface area contributed by atoms with Crippen LogP contribution >= 0.6 is 11.8 Å². The molecule has 136 valence electrons. The Kier molecular flexibility index (Phi) is 5.35. The second-order valence-corrected chi connectivity index (χ2v) is 9.04. The van der Waals surface area contributed by atoms with E-state index >= 15 is 0 Å². The smallest absolute Gasteiger partial charge is 0.238 e. The fraction of sp³-hybridized carbons (Fsp3) is 0.435. The van der Waals surface area contributed by atoms with Gasteiger partial charge in [0.2, 0.25) is 5.91 Å². The molecule has 0 radical (unpaired) electrons. The molecule has 1 amide bonds. The molecule has 3 heteroatoms. The number of rotatable bonds is 6. The van der Waals surface area contributed by atoms with Crippen LogP contribution < -0.4 is 5.32 Å². The zero-order chi connectivity index (χ0) is 17.9. The summed E-state index contributed by atoms with van der Waals surface area (Å²) in [7, 11) is 0. The van der Waals surface area contributed by atoms with Crippen LogP contribution in [0.1, 0.15) is 43.4 Å². The Balaban J connectivity index is 1.48. The molecule has 2 aromatic carbocycles. The molecule has 2 fully saturated rings. The van der Waals surface area contributed by atoms with Crippen LogP contribution in [0.3, 0.4) is 0 Å². The fourth-order valence-electron chi connectivity index (χ4n) is 4.85. The van der Waals surface area contributed by atoms with E-state index < -0.39 is 0 Å². The molecule has 2 saturated carbocycles. The molecule has 5 atom stereocenters. The zero-order valence-corrected chi connectivity index (χ0v) is 16.1. The third-order valence-corrected chi connectivity index (χ3v) is 7.41. The lowest BCUT2D eigenvalue weighted by molar-refractivity contribution is -0.121. The average Bonchev–Trinajstić information content (AvgIpc) is 3.31. The van der Waals surface area contributed by atoms with Gasteiger partial charge in [-0.1, -0.05) is 55.0 Å². The van der Waals surface area contributed by atoms with Gasteiger partial charge in [-0.25, -0.2) is 0 Å². The molecule has 2 aliphatic rings. The van der Waals surface area contributed by atoms with Crippen LogP contribution in [0.5, 0.6) is 0 Å². The summed E-state index contributed by atoms with van der Waals surface area (Å²) in [6.45, 7) is 2.21. The van der Waals surface area contributed by atoms with E-state index in [0.29, 0.717) is 5.92 Å². The zero-order valence-electron chi connectivity index (χ0n) is 15.3. The van der Waals surface area contributed by atoms with Crippen LogP contribution in [0.25, 0.3) is 0 Å². The molecule has 2 nitrogen and oxygen atoms in total. The number of benzene rings is 2. The van der Waals surface area contributed by atoms with Gasteiger partial charge in [-0.15, -0.1) is 11.8 Å². The van der Waals surface area contributed by atoms with Crippen molar-refractivity contribution in [2.45, 2.75) is 48.8 Å². The van der Waals surface area contributed by atoms with Gasteiger partial charge < -0.3 is 5.32 Å². The molecule has 1 N–H and O–H groups in total. The molecule has 0 aromatic heterocycles. The molecule has 0 aliphatic heterocycles. The number of nitrogens with one attached hydrogen (secondary N) is 1. The Bertz CT molecular complexity index is 732. The van der Waals surface area contributed by atoms with Crippen LogP contribution in [0.15, 0.2) is 65.6 Å². The van der Waals surface area contributed by atoms with Crippen molar-refractivity contribution >= 4 is 17.7 Å². The maximum atomic E-state index is 13.2. The minimum atomic E-state index is -0.209. The van der Waals surface area contributed by atoms with Crippen molar-refractivity contribution < 1.29 is 4.79 Å². The molecule has 2 aliphatic carbocycles. The summed E-state index contributed by atoms with van der Waals surface area (Å²) < 4.78 is 0. The highest BCUT2D eigenvalue weighted by Crippen LogP contribution is 2.49. The van der Waals surface area contributed by atoms with Crippen molar-refractivity contribution in [3.63, 3.8) is 0 Å². The van der Waals surface area contributed by atoms with Gasteiger partial charge in [0.1, 0.15) is 5.25 Å². The Morgan fingerprint density at radius 1 is 1.00 bits per heavy atom. The van der Waals surface area contributed by atoms with Crippen LogP contribution in [-0.4, -0.2) is 11.9 Å². The topological polar surface area (TPSA) is 29.1 Å². The van der Waals surface area contributed by atoms with Crippen LogP contribution in [-0.2, 0) is 4.79 Å². The van der Waals surface area contributed by atoms with Gasteiger partial charge in [-0.2, -0.15) is 0 Å². The largest absolute Gasteiger partial charge is 0.352 e. The predicted octanol–water partition coefficient (Wildman–Crippen LogP) is 5.46. The molecule has 0 saturated heterocycles. The Morgan fingerprint density at radius 3 is 2.31 bits per heavy atom. The lowest BCUT2D eigenvalue weighted by atomic mass is 9.84. The van der Waals surface area contributed by atoms with Crippen molar-refractivity contribution in [3.8, 4) is 0 Å². The summed E-state index contributed by atoms with van der Waals surface area (Å²) in [5, 5.41) is 3.16. The highest BCUT2D eigenvalue weighted by Gasteiger charge is 2.42. The third kappa shape index (κ3) is 3.83. The Labute approximate surface area is 160 Å². The third-order valence-electron chi connectivity index (χ3n) is 6.14. The summed E-state index contributed by atoms with van der Waals surface area (Å²) in [4.78, 5) is 14.3. The highest BCUT2D eigenvalue weighted by atomic mass is 32.2. The minimum absolute atomic E-state index is 0.139. The Morgan fingerprint density at radius 2 is 1.69 bits per heavy atom. The number of carbonyl (C=O) groups is 1. The van der Waals surface area contributed by atoms with Crippen molar-refractivity contribution in [2.24, 2.45) is 17.8 Å². The maximum Gasteiger partial charge on any atom is 0.238 e. The van der Waals surface area contributed by atoms with Crippen molar-refractivity contribution in [1.29, 1.82) is 0 Å². The first kappa shape index (κ1) is 17.7. The van der Waals surface area contributed by atoms with E-state index in [4.69, 9.17) is 0 Å².